The van der Waals surface area contributed by atoms with Crippen molar-refractivity contribution in [3.8, 4) is 0 Å². The van der Waals surface area contributed by atoms with E-state index in [2.05, 4.69) is 15.2 Å². The van der Waals surface area contributed by atoms with Gasteiger partial charge >= 0.3 is 0 Å². The molecule has 1 aliphatic heterocycles. The third kappa shape index (κ3) is 3.85. The van der Waals surface area contributed by atoms with E-state index in [0.29, 0.717) is 5.69 Å². The minimum atomic E-state index is -0.176. The summed E-state index contributed by atoms with van der Waals surface area (Å²) in [5.74, 6) is 0.717. The summed E-state index contributed by atoms with van der Waals surface area (Å²) in [5, 5.41) is 2.94. The van der Waals surface area contributed by atoms with Gasteiger partial charge in [-0.3, -0.25) is 4.79 Å². The van der Waals surface area contributed by atoms with Crippen LogP contribution in [0.1, 0.15) is 29.8 Å². The number of nitrogens with one attached hydrogen (secondary N) is 1. The summed E-state index contributed by atoms with van der Waals surface area (Å²) in [6.07, 6.45) is 3.66. The quantitative estimate of drug-likeness (QED) is 0.936. The highest BCUT2D eigenvalue weighted by Gasteiger charge is 2.14. The third-order valence-corrected chi connectivity index (χ3v) is 4.27. The largest absolute Gasteiger partial charge is 0.378 e. The molecule has 1 aromatic carbocycles. The number of carbonyl (C=O) groups excluding carboxylic acids is 1. The second kappa shape index (κ2) is 7.34. The van der Waals surface area contributed by atoms with Gasteiger partial charge in [-0.05, 0) is 49.6 Å². The van der Waals surface area contributed by atoms with Gasteiger partial charge in [-0.25, -0.2) is 4.98 Å². The Morgan fingerprint density at radius 1 is 1.08 bits per heavy atom. The number of aromatic nitrogens is 1. The average Bonchev–Trinajstić information content (AvgIpc) is 2.63. The van der Waals surface area contributed by atoms with Crippen LogP contribution in [0.25, 0.3) is 0 Å². The molecule has 0 radical (unpaired) electrons. The Balaban J connectivity index is 1.74. The molecule has 2 aromatic rings. The van der Waals surface area contributed by atoms with Gasteiger partial charge in [0.05, 0.1) is 0 Å². The molecule has 126 valence electrons. The number of benzene rings is 1. The Bertz CT molecular complexity index is 708. The number of hydrogen-bond donors (Lipinski definition) is 1. The van der Waals surface area contributed by atoms with Crippen LogP contribution in [0.2, 0.25) is 0 Å². The topological polar surface area (TPSA) is 48.5 Å². The number of rotatable bonds is 4. The van der Waals surface area contributed by atoms with Crippen LogP contribution in [0, 0.1) is 0 Å². The van der Waals surface area contributed by atoms with Crippen molar-refractivity contribution >= 4 is 23.1 Å². The van der Waals surface area contributed by atoms with Crippen molar-refractivity contribution in [3.63, 3.8) is 0 Å². The monoisotopic (exact) mass is 324 g/mol. The Morgan fingerprint density at radius 2 is 1.83 bits per heavy atom. The summed E-state index contributed by atoms with van der Waals surface area (Å²) in [5.41, 5.74) is 2.27. The zero-order valence-corrected chi connectivity index (χ0v) is 14.3. The first kappa shape index (κ1) is 16.3. The summed E-state index contributed by atoms with van der Waals surface area (Å²) in [4.78, 5) is 21.3. The first-order valence-electron chi connectivity index (χ1n) is 8.44. The van der Waals surface area contributed by atoms with Gasteiger partial charge in [-0.15, -0.1) is 0 Å². The van der Waals surface area contributed by atoms with Gasteiger partial charge in [0.1, 0.15) is 11.5 Å². The molecule has 1 N–H and O–H groups in total. The van der Waals surface area contributed by atoms with Gasteiger partial charge in [0.2, 0.25) is 0 Å². The van der Waals surface area contributed by atoms with Crippen LogP contribution in [0.4, 0.5) is 17.2 Å². The normalized spacial score (nSPS) is 14.3. The van der Waals surface area contributed by atoms with Gasteiger partial charge in [0.15, 0.2) is 0 Å². The van der Waals surface area contributed by atoms with E-state index in [0.717, 1.165) is 30.3 Å². The molecule has 0 aliphatic carbocycles. The summed E-state index contributed by atoms with van der Waals surface area (Å²) < 4.78 is 0. The molecule has 3 rings (SSSR count). The Labute approximate surface area is 143 Å². The molecule has 1 saturated heterocycles. The lowest BCUT2D eigenvalue weighted by atomic mass is 10.1. The van der Waals surface area contributed by atoms with Crippen molar-refractivity contribution in [2.24, 2.45) is 0 Å². The van der Waals surface area contributed by atoms with Crippen molar-refractivity contribution in [3.05, 3.63) is 48.2 Å². The zero-order valence-electron chi connectivity index (χ0n) is 14.3. The van der Waals surface area contributed by atoms with Crippen LogP contribution >= 0.6 is 0 Å². The number of pyridine rings is 1. The van der Waals surface area contributed by atoms with Crippen molar-refractivity contribution in [2.75, 3.05) is 42.3 Å². The maximum Gasteiger partial charge on any atom is 0.274 e. The first-order chi connectivity index (χ1) is 11.6. The first-order valence-corrected chi connectivity index (χ1v) is 8.44. The second-order valence-electron chi connectivity index (χ2n) is 6.33. The predicted molar refractivity (Wildman–Crippen MR) is 99.0 cm³/mol. The van der Waals surface area contributed by atoms with Crippen LogP contribution in [0.5, 0.6) is 0 Å². The lowest BCUT2D eigenvalue weighted by Gasteiger charge is -2.27. The van der Waals surface area contributed by atoms with Crippen molar-refractivity contribution in [1.29, 1.82) is 0 Å². The van der Waals surface area contributed by atoms with Crippen LogP contribution in [-0.4, -0.2) is 38.1 Å². The molecule has 1 aromatic heterocycles. The number of piperidine rings is 1. The highest BCUT2D eigenvalue weighted by Crippen LogP contribution is 2.20. The summed E-state index contributed by atoms with van der Waals surface area (Å²) in [7, 11) is 3.95. The molecule has 24 heavy (non-hydrogen) atoms. The fourth-order valence-corrected chi connectivity index (χ4v) is 2.91. The third-order valence-electron chi connectivity index (χ3n) is 4.27. The molecule has 0 spiro atoms. The lowest BCUT2D eigenvalue weighted by Crippen LogP contribution is -2.30. The minimum Gasteiger partial charge on any atom is -0.378 e. The van der Waals surface area contributed by atoms with E-state index in [1.807, 2.05) is 55.4 Å². The smallest absolute Gasteiger partial charge is 0.274 e. The summed E-state index contributed by atoms with van der Waals surface area (Å²) in [6.45, 7) is 2.03. The molecule has 5 heteroatoms. The Hall–Kier alpha value is -2.56. The highest BCUT2D eigenvalue weighted by molar-refractivity contribution is 6.03. The summed E-state index contributed by atoms with van der Waals surface area (Å²) in [6, 6.07) is 13.4. The fraction of sp³-hybridized carbons (Fsp3) is 0.368. The zero-order chi connectivity index (χ0) is 16.9. The van der Waals surface area contributed by atoms with Crippen molar-refractivity contribution in [1.82, 2.24) is 4.98 Å². The second-order valence-corrected chi connectivity index (χ2v) is 6.33. The molecule has 0 atom stereocenters. The molecule has 2 heterocycles. The number of carbonyl (C=O) groups is 1. The Morgan fingerprint density at radius 3 is 2.58 bits per heavy atom. The number of nitrogens with zero attached hydrogens (tertiary/aromatic N) is 3. The van der Waals surface area contributed by atoms with Crippen LogP contribution in [0.15, 0.2) is 42.5 Å². The van der Waals surface area contributed by atoms with Gasteiger partial charge in [0, 0.05) is 38.6 Å². The molecule has 5 nitrogen and oxygen atoms in total. The molecular weight excluding hydrogens is 300 g/mol. The number of anilines is 3. The van der Waals surface area contributed by atoms with Crippen molar-refractivity contribution < 1.29 is 4.79 Å². The SMILES string of the molecule is CN(C)c1cccc(NC(=O)c2cccc(N3CCCCC3)n2)c1. The molecule has 0 unspecified atom stereocenters. The standard InChI is InChI=1S/C19H24N4O/c1-22(2)16-9-6-8-15(14-16)20-19(24)17-10-7-11-18(21-17)23-12-4-3-5-13-23/h6-11,14H,3-5,12-13H2,1-2H3,(H,20,24). The lowest BCUT2D eigenvalue weighted by molar-refractivity contribution is 0.102. The van der Waals surface area contributed by atoms with E-state index in [9.17, 15) is 4.79 Å². The van der Waals surface area contributed by atoms with Gasteiger partial charge in [-0.2, -0.15) is 0 Å². The van der Waals surface area contributed by atoms with E-state index < -0.39 is 0 Å². The van der Waals surface area contributed by atoms with Gasteiger partial charge < -0.3 is 15.1 Å². The van der Waals surface area contributed by atoms with Crippen molar-refractivity contribution in [2.45, 2.75) is 19.3 Å². The van der Waals surface area contributed by atoms with E-state index in [1.165, 1.54) is 19.3 Å². The maximum absolute atomic E-state index is 12.5. The molecular formula is C19H24N4O. The predicted octanol–water partition coefficient (Wildman–Crippen LogP) is 3.39. The van der Waals surface area contributed by atoms with E-state index in [4.69, 9.17) is 0 Å². The maximum atomic E-state index is 12.5. The van der Waals surface area contributed by atoms with Crippen LogP contribution in [-0.2, 0) is 0 Å². The van der Waals surface area contributed by atoms with E-state index in [1.54, 1.807) is 6.07 Å². The minimum absolute atomic E-state index is 0.176. The van der Waals surface area contributed by atoms with Crippen LogP contribution in [0.3, 0.4) is 0 Å². The van der Waals surface area contributed by atoms with Crippen LogP contribution < -0.4 is 15.1 Å². The van der Waals surface area contributed by atoms with Gasteiger partial charge in [0.25, 0.3) is 5.91 Å². The summed E-state index contributed by atoms with van der Waals surface area (Å²) >= 11 is 0. The molecule has 0 bridgehead atoms. The molecule has 1 fully saturated rings. The Kier molecular flexibility index (Phi) is 4.99. The fourth-order valence-electron chi connectivity index (χ4n) is 2.91. The molecule has 1 amide bonds. The van der Waals surface area contributed by atoms with E-state index >= 15 is 0 Å². The number of hydrogen-bond acceptors (Lipinski definition) is 4. The molecule has 0 saturated carbocycles. The number of amides is 1. The van der Waals surface area contributed by atoms with E-state index in [-0.39, 0.29) is 5.91 Å². The van der Waals surface area contributed by atoms with Gasteiger partial charge in [-0.1, -0.05) is 12.1 Å². The average molecular weight is 324 g/mol. The highest BCUT2D eigenvalue weighted by atomic mass is 16.1. The molecule has 1 aliphatic rings.